The van der Waals surface area contributed by atoms with Crippen molar-refractivity contribution in [3.63, 3.8) is 0 Å². The van der Waals surface area contributed by atoms with Crippen LogP contribution in [0.5, 0.6) is 0 Å². The number of nitrogens with two attached hydrogens (primary N) is 1. The van der Waals surface area contributed by atoms with Crippen molar-refractivity contribution in [3.05, 3.63) is 23.8 Å². The summed E-state index contributed by atoms with van der Waals surface area (Å²) in [5.41, 5.74) is 6.12. The lowest BCUT2D eigenvalue weighted by atomic mass is 9.81. The molecule has 7 heteroatoms. The molecule has 0 saturated heterocycles. The van der Waals surface area contributed by atoms with Crippen LogP contribution in [0.25, 0.3) is 0 Å². The van der Waals surface area contributed by atoms with Crippen LogP contribution in [0.2, 0.25) is 0 Å². The molecule has 4 atom stereocenters. The van der Waals surface area contributed by atoms with Gasteiger partial charge in [-0.25, -0.2) is 0 Å². The van der Waals surface area contributed by atoms with Crippen LogP contribution in [0, 0.1) is 17.8 Å². The summed E-state index contributed by atoms with van der Waals surface area (Å²) >= 11 is 0.976. The van der Waals surface area contributed by atoms with Crippen molar-refractivity contribution in [1.29, 1.82) is 0 Å². The number of primary amides is 1. The number of nitrogens with one attached hydrogen (secondary N) is 1. The second-order valence-corrected chi connectivity index (χ2v) is 8.95. The van der Waals surface area contributed by atoms with E-state index in [1.165, 1.54) is 6.92 Å². The first-order valence-corrected chi connectivity index (χ1v) is 11.8. The van der Waals surface area contributed by atoms with E-state index in [4.69, 9.17) is 5.73 Å². The average Bonchev–Trinajstić information content (AvgIpc) is 2.72. The molecule has 0 aliphatic heterocycles. The molecule has 0 bridgehead atoms. The molecule has 1 aliphatic rings. The van der Waals surface area contributed by atoms with Crippen LogP contribution in [0.3, 0.4) is 0 Å². The first-order valence-electron chi connectivity index (χ1n) is 10.9. The zero-order chi connectivity index (χ0) is 22.7. The molecule has 2 amide bonds. The maximum absolute atomic E-state index is 13.0. The van der Waals surface area contributed by atoms with Crippen LogP contribution >= 0.6 is 11.8 Å². The van der Waals surface area contributed by atoms with Gasteiger partial charge in [-0.3, -0.25) is 19.2 Å². The summed E-state index contributed by atoms with van der Waals surface area (Å²) in [5.74, 6) is -1.21. The molecule has 30 heavy (non-hydrogen) atoms. The van der Waals surface area contributed by atoms with Gasteiger partial charge < -0.3 is 11.1 Å². The Hall–Kier alpha value is -1.89. The fourth-order valence-corrected chi connectivity index (χ4v) is 4.52. The third kappa shape index (κ3) is 8.46. The minimum atomic E-state index is -0.887. The summed E-state index contributed by atoms with van der Waals surface area (Å²) < 4.78 is 0. The lowest BCUT2D eigenvalue weighted by Crippen LogP contribution is -2.45. The maximum Gasteiger partial charge on any atom is 0.240 e. The van der Waals surface area contributed by atoms with Crippen LogP contribution in [0.15, 0.2) is 23.8 Å². The number of ketones is 1. The Kier molecular flexibility index (Phi) is 11.7. The third-order valence-corrected chi connectivity index (χ3v) is 6.62. The maximum atomic E-state index is 13.0. The molecule has 0 aromatic heterocycles. The van der Waals surface area contributed by atoms with E-state index in [-0.39, 0.29) is 34.4 Å². The summed E-state index contributed by atoms with van der Waals surface area (Å²) in [7, 11) is 0. The van der Waals surface area contributed by atoms with Gasteiger partial charge in [0.05, 0.1) is 5.92 Å². The van der Waals surface area contributed by atoms with Crippen molar-refractivity contribution in [2.45, 2.75) is 72.3 Å². The van der Waals surface area contributed by atoms with Crippen molar-refractivity contribution < 1.29 is 19.2 Å². The van der Waals surface area contributed by atoms with Gasteiger partial charge in [0, 0.05) is 24.5 Å². The highest BCUT2D eigenvalue weighted by atomic mass is 32.2. The van der Waals surface area contributed by atoms with Gasteiger partial charge in [-0.1, -0.05) is 70.0 Å². The second-order valence-electron chi connectivity index (χ2n) is 7.92. The topological polar surface area (TPSA) is 106 Å². The van der Waals surface area contributed by atoms with E-state index in [2.05, 4.69) is 19.2 Å². The summed E-state index contributed by atoms with van der Waals surface area (Å²) in [6.45, 7) is 7.31. The van der Waals surface area contributed by atoms with Crippen molar-refractivity contribution in [2.75, 3.05) is 5.75 Å². The summed E-state index contributed by atoms with van der Waals surface area (Å²) in [6.07, 6.45) is 11.6. The lowest BCUT2D eigenvalue weighted by molar-refractivity contribution is -0.126. The Morgan fingerprint density at radius 2 is 1.93 bits per heavy atom. The van der Waals surface area contributed by atoms with Crippen LogP contribution in [0.4, 0.5) is 0 Å². The number of hydrogen-bond acceptors (Lipinski definition) is 5. The van der Waals surface area contributed by atoms with E-state index in [0.29, 0.717) is 6.42 Å². The highest BCUT2D eigenvalue weighted by molar-refractivity contribution is 8.13. The molecule has 0 saturated carbocycles. The zero-order valence-electron chi connectivity index (χ0n) is 18.6. The smallest absolute Gasteiger partial charge is 0.240 e. The molecule has 1 aliphatic carbocycles. The van der Waals surface area contributed by atoms with Crippen molar-refractivity contribution in [1.82, 2.24) is 5.32 Å². The number of allylic oxidation sites excluding steroid dienone is 4. The Labute approximate surface area is 184 Å². The Morgan fingerprint density at radius 1 is 1.23 bits per heavy atom. The molecule has 6 nitrogen and oxygen atoms in total. The first kappa shape index (κ1) is 26.1. The van der Waals surface area contributed by atoms with E-state index in [1.807, 2.05) is 18.2 Å². The minimum absolute atomic E-state index is 0.0694. The second kappa shape index (κ2) is 13.4. The first-order chi connectivity index (χ1) is 14.2. The van der Waals surface area contributed by atoms with Gasteiger partial charge in [-0.15, -0.1) is 0 Å². The van der Waals surface area contributed by atoms with Gasteiger partial charge >= 0.3 is 0 Å². The molecule has 4 unspecified atom stereocenters. The van der Waals surface area contributed by atoms with Gasteiger partial charge in [0.25, 0.3) is 0 Å². The number of rotatable bonds is 13. The standard InChI is InChI=1S/C23H36N2O4S/c1-5-7-8-10-17(6-2)21(27)19-12-9-11-18(13-19)15(3)23(29)30-14-20(22(24)28)25-16(4)26/h9,11,13,15,17,19-20H,5-8,10,12,14H2,1-4H3,(H2,24,28)(H,25,26). The minimum Gasteiger partial charge on any atom is -0.368 e. The number of hydrogen-bond donors (Lipinski definition) is 2. The fourth-order valence-electron chi connectivity index (χ4n) is 3.55. The number of carbonyl (C=O) groups is 4. The molecule has 1 rings (SSSR count). The Bertz CT molecular complexity index is 687. The molecule has 3 N–H and O–H groups in total. The molecular formula is C23H36N2O4S. The van der Waals surface area contributed by atoms with Crippen LogP contribution in [-0.2, 0) is 19.2 Å². The summed E-state index contributed by atoms with van der Waals surface area (Å²) in [4.78, 5) is 48.3. The SMILES string of the molecule is CCCCCC(CC)C(=O)C1C=C(C(C)C(=O)SCC(NC(C)=O)C(N)=O)C=CC1. The van der Waals surface area contributed by atoms with Crippen LogP contribution in [0.1, 0.15) is 66.2 Å². The lowest BCUT2D eigenvalue weighted by Gasteiger charge is -2.23. The van der Waals surface area contributed by atoms with E-state index in [1.54, 1.807) is 6.92 Å². The normalized spacial score (nSPS) is 18.8. The molecule has 168 valence electrons. The third-order valence-electron chi connectivity index (χ3n) is 5.48. The van der Waals surface area contributed by atoms with Crippen molar-refractivity contribution >= 4 is 34.5 Å². The van der Waals surface area contributed by atoms with E-state index >= 15 is 0 Å². The van der Waals surface area contributed by atoms with Gasteiger partial charge in [0.1, 0.15) is 11.8 Å². The highest BCUT2D eigenvalue weighted by Gasteiger charge is 2.28. The number of carbonyl (C=O) groups excluding carboxylic acids is 4. The van der Waals surface area contributed by atoms with Crippen LogP contribution in [-0.4, -0.2) is 34.5 Å². The number of unbranched alkanes of at least 4 members (excludes halogenated alkanes) is 2. The van der Waals surface area contributed by atoms with Gasteiger partial charge in [-0.05, 0) is 24.8 Å². The molecule has 0 fully saturated rings. The molecule has 0 spiro atoms. The van der Waals surface area contributed by atoms with E-state index in [9.17, 15) is 19.2 Å². The van der Waals surface area contributed by atoms with Gasteiger partial charge in [0.2, 0.25) is 11.8 Å². The van der Waals surface area contributed by atoms with Crippen molar-refractivity contribution in [3.8, 4) is 0 Å². The van der Waals surface area contributed by atoms with E-state index < -0.39 is 17.9 Å². The van der Waals surface area contributed by atoms with E-state index in [0.717, 1.165) is 49.4 Å². The number of thioether (sulfide) groups is 1. The summed E-state index contributed by atoms with van der Waals surface area (Å²) in [6, 6.07) is -0.887. The Morgan fingerprint density at radius 3 is 2.50 bits per heavy atom. The summed E-state index contributed by atoms with van der Waals surface area (Å²) in [5, 5.41) is 2.34. The molecule has 0 radical (unpaired) electrons. The predicted molar refractivity (Wildman–Crippen MR) is 122 cm³/mol. The Balaban J connectivity index is 2.74. The van der Waals surface area contributed by atoms with Crippen LogP contribution < -0.4 is 11.1 Å². The quantitative estimate of drug-likeness (QED) is 0.429. The predicted octanol–water partition coefficient (Wildman–Crippen LogP) is 3.55. The number of Topliss-reactive ketones (excluding diaryl/α,β-unsaturated/α-hetero) is 1. The molecule has 0 aromatic carbocycles. The highest BCUT2D eigenvalue weighted by Crippen LogP contribution is 2.29. The fraction of sp³-hybridized carbons (Fsp3) is 0.652. The average molecular weight is 437 g/mol. The van der Waals surface area contributed by atoms with Gasteiger partial charge in [0.15, 0.2) is 5.12 Å². The molecular weight excluding hydrogens is 400 g/mol. The zero-order valence-corrected chi connectivity index (χ0v) is 19.4. The van der Waals surface area contributed by atoms with Gasteiger partial charge in [-0.2, -0.15) is 0 Å². The monoisotopic (exact) mass is 436 g/mol. The number of amides is 2. The van der Waals surface area contributed by atoms with Crippen molar-refractivity contribution in [2.24, 2.45) is 23.5 Å². The molecule has 0 aromatic rings. The largest absolute Gasteiger partial charge is 0.368 e. The molecule has 0 heterocycles.